The van der Waals surface area contributed by atoms with Crippen LogP contribution in [-0.4, -0.2) is 34.9 Å². The number of amides is 1. The average Bonchev–Trinajstić information content (AvgIpc) is 2.74. The number of anilines is 1. The lowest BCUT2D eigenvalue weighted by Crippen LogP contribution is -2.33. The Labute approximate surface area is 183 Å². The molecule has 0 aliphatic carbocycles. The Bertz CT molecular complexity index is 1180. The second-order valence-corrected chi connectivity index (χ2v) is 7.06. The van der Waals surface area contributed by atoms with Crippen LogP contribution < -0.4 is 15.5 Å². The van der Waals surface area contributed by atoms with E-state index in [4.69, 9.17) is 21.1 Å². The van der Waals surface area contributed by atoms with E-state index in [-0.39, 0.29) is 0 Å². The molecule has 1 amide bonds. The van der Waals surface area contributed by atoms with Gasteiger partial charge in [0, 0.05) is 16.8 Å². The minimum Gasteiger partial charge on any atom is -0.495 e. The lowest BCUT2D eigenvalue weighted by atomic mass is 10.2. The molecule has 3 rings (SSSR count). The second-order valence-electron chi connectivity index (χ2n) is 6.63. The van der Waals surface area contributed by atoms with Crippen molar-refractivity contribution in [2.45, 2.75) is 20.0 Å². The summed E-state index contributed by atoms with van der Waals surface area (Å²) in [5.74, 6) is -1.23. The molecule has 0 fully saturated rings. The van der Waals surface area contributed by atoms with Gasteiger partial charge in [0.25, 0.3) is 5.91 Å². The van der Waals surface area contributed by atoms with Gasteiger partial charge in [-0.2, -0.15) is 5.10 Å². The van der Waals surface area contributed by atoms with Gasteiger partial charge in [-0.3, -0.25) is 9.59 Å². The lowest BCUT2D eigenvalue weighted by molar-refractivity contribution is -0.123. The van der Waals surface area contributed by atoms with Crippen LogP contribution in [0.2, 0.25) is 5.02 Å². The van der Waals surface area contributed by atoms with Crippen molar-refractivity contribution in [3.63, 3.8) is 0 Å². The van der Waals surface area contributed by atoms with Gasteiger partial charge in [0.05, 0.1) is 18.5 Å². The molecule has 3 aromatic rings. The Balaban J connectivity index is 1.79. The van der Waals surface area contributed by atoms with E-state index >= 15 is 0 Å². The third-order valence-electron chi connectivity index (χ3n) is 4.37. The number of esters is 1. The number of carbonyl (C=O) groups excluding carboxylic acids is 2. The molecule has 0 saturated heterocycles. The van der Waals surface area contributed by atoms with Crippen LogP contribution in [0.25, 0.3) is 5.69 Å². The number of rotatable bonds is 6. The highest BCUT2D eigenvalue weighted by Crippen LogP contribution is 2.27. The highest BCUT2D eigenvalue weighted by Gasteiger charge is 2.24. The van der Waals surface area contributed by atoms with Crippen LogP contribution in [-0.2, 0) is 9.53 Å². The van der Waals surface area contributed by atoms with E-state index in [0.29, 0.717) is 27.8 Å². The number of para-hydroxylation sites is 1. The third-order valence-corrected chi connectivity index (χ3v) is 4.61. The van der Waals surface area contributed by atoms with Gasteiger partial charge < -0.3 is 14.8 Å². The Morgan fingerprint density at radius 1 is 1.13 bits per heavy atom. The lowest BCUT2D eigenvalue weighted by Gasteiger charge is -2.16. The van der Waals surface area contributed by atoms with Gasteiger partial charge in [0.2, 0.25) is 11.1 Å². The van der Waals surface area contributed by atoms with Crippen LogP contribution in [0, 0.1) is 6.92 Å². The maximum atomic E-state index is 12.6. The molecular formula is C22H20ClN3O5. The fourth-order valence-corrected chi connectivity index (χ4v) is 2.97. The number of ether oxygens (including phenoxy) is 2. The fourth-order valence-electron chi connectivity index (χ4n) is 2.80. The van der Waals surface area contributed by atoms with Crippen LogP contribution in [0.5, 0.6) is 5.75 Å². The first-order valence-electron chi connectivity index (χ1n) is 9.32. The van der Waals surface area contributed by atoms with E-state index in [1.54, 1.807) is 31.2 Å². The zero-order valence-corrected chi connectivity index (χ0v) is 17.8. The number of nitrogens with zero attached hydrogens (tertiary/aromatic N) is 2. The number of hydrogen-bond donors (Lipinski definition) is 1. The standard InChI is InChI=1S/C22H20ClN3O5/c1-13-11-18(27)20(25-26(13)16-7-5-4-6-8-16)22(29)31-14(2)21(28)24-17-12-15(23)9-10-19(17)30-3/h4-12,14H,1-3H3,(H,24,28). The molecule has 1 atom stereocenters. The molecular weight excluding hydrogens is 422 g/mol. The molecule has 9 heteroatoms. The normalized spacial score (nSPS) is 11.5. The van der Waals surface area contributed by atoms with Gasteiger partial charge in [-0.05, 0) is 44.2 Å². The second kappa shape index (κ2) is 9.44. The zero-order valence-electron chi connectivity index (χ0n) is 17.1. The number of hydrogen-bond acceptors (Lipinski definition) is 6. The number of aryl methyl sites for hydroxylation is 1. The maximum absolute atomic E-state index is 12.6. The van der Waals surface area contributed by atoms with Crippen molar-refractivity contribution in [3.05, 3.63) is 81.2 Å². The molecule has 1 unspecified atom stereocenters. The van der Waals surface area contributed by atoms with Gasteiger partial charge in [-0.25, -0.2) is 9.48 Å². The van der Waals surface area contributed by atoms with Gasteiger partial charge in [0.15, 0.2) is 6.10 Å². The first-order chi connectivity index (χ1) is 14.8. The largest absolute Gasteiger partial charge is 0.495 e. The summed E-state index contributed by atoms with van der Waals surface area (Å²) >= 11 is 5.96. The predicted octanol–water partition coefficient (Wildman–Crippen LogP) is 3.39. The predicted molar refractivity (Wildman–Crippen MR) is 116 cm³/mol. The van der Waals surface area contributed by atoms with Crippen LogP contribution >= 0.6 is 11.6 Å². The average molecular weight is 442 g/mol. The molecule has 31 heavy (non-hydrogen) atoms. The summed E-state index contributed by atoms with van der Waals surface area (Å²) in [6.07, 6.45) is -1.20. The Kier molecular flexibility index (Phi) is 6.71. The molecule has 0 radical (unpaired) electrons. The molecule has 0 saturated carbocycles. The topological polar surface area (TPSA) is 99.5 Å². The third kappa shape index (κ3) is 5.10. The van der Waals surface area contributed by atoms with E-state index in [0.717, 1.165) is 0 Å². The van der Waals surface area contributed by atoms with Crippen molar-refractivity contribution in [1.29, 1.82) is 0 Å². The minimum atomic E-state index is -1.20. The minimum absolute atomic E-state index is 0.322. The van der Waals surface area contributed by atoms with Gasteiger partial charge in [-0.15, -0.1) is 0 Å². The molecule has 0 spiro atoms. The van der Waals surface area contributed by atoms with Crippen LogP contribution in [0.1, 0.15) is 23.1 Å². The van der Waals surface area contributed by atoms with Crippen molar-refractivity contribution in [1.82, 2.24) is 9.78 Å². The summed E-state index contributed by atoms with van der Waals surface area (Å²) in [5, 5.41) is 7.12. The summed E-state index contributed by atoms with van der Waals surface area (Å²) < 4.78 is 11.8. The summed E-state index contributed by atoms with van der Waals surface area (Å²) in [6, 6.07) is 15.0. The Morgan fingerprint density at radius 2 is 1.84 bits per heavy atom. The quantitative estimate of drug-likeness (QED) is 0.588. The summed E-state index contributed by atoms with van der Waals surface area (Å²) in [6.45, 7) is 3.08. The van der Waals surface area contributed by atoms with E-state index in [1.807, 2.05) is 18.2 Å². The highest BCUT2D eigenvalue weighted by atomic mass is 35.5. The van der Waals surface area contributed by atoms with Crippen molar-refractivity contribution < 1.29 is 19.1 Å². The first kappa shape index (κ1) is 22.0. The van der Waals surface area contributed by atoms with Crippen LogP contribution in [0.15, 0.2) is 59.4 Å². The molecule has 8 nitrogen and oxygen atoms in total. The fraction of sp³-hybridized carbons (Fsp3) is 0.182. The number of halogens is 1. The van der Waals surface area contributed by atoms with Gasteiger partial charge in [-0.1, -0.05) is 29.8 Å². The molecule has 0 aliphatic rings. The summed E-state index contributed by atoms with van der Waals surface area (Å²) in [4.78, 5) is 37.4. The molecule has 2 aromatic carbocycles. The number of aromatic nitrogens is 2. The van der Waals surface area contributed by atoms with Crippen molar-refractivity contribution in [2.24, 2.45) is 0 Å². The maximum Gasteiger partial charge on any atom is 0.363 e. The van der Waals surface area contributed by atoms with E-state index in [9.17, 15) is 14.4 Å². The van der Waals surface area contributed by atoms with Gasteiger partial charge in [0.1, 0.15) is 5.75 Å². The number of carbonyl (C=O) groups is 2. The number of benzene rings is 2. The molecule has 1 heterocycles. The molecule has 1 aromatic heterocycles. The monoisotopic (exact) mass is 441 g/mol. The van der Waals surface area contributed by atoms with Crippen molar-refractivity contribution >= 4 is 29.2 Å². The van der Waals surface area contributed by atoms with E-state index in [1.165, 1.54) is 30.8 Å². The highest BCUT2D eigenvalue weighted by molar-refractivity contribution is 6.31. The zero-order chi connectivity index (χ0) is 22.5. The molecule has 0 bridgehead atoms. The first-order valence-corrected chi connectivity index (χ1v) is 9.69. The summed E-state index contributed by atoms with van der Waals surface area (Å²) in [5.41, 5.74) is 0.524. The number of nitrogens with one attached hydrogen (secondary N) is 1. The SMILES string of the molecule is COc1ccc(Cl)cc1NC(=O)C(C)OC(=O)c1nn(-c2ccccc2)c(C)cc1=O. The summed E-state index contributed by atoms with van der Waals surface area (Å²) in [7, 11) is 1.45. The van der Waals surface area contributed by atoms with E-state index in [2.05, 4.69) is 10.4 Å². The Hall–Kier alpha value is -3.65. The van der Waals surface area contributed by atoms with Crippen molar-refractivity contribution in [3.8, 4) is 11.4 Å². The van der Waals surface area contributed by atoms with Crippen molar-refractivity contribution in [2.75, 3.05) is 12.4 Å². The van der Waals surface area contributed by atoms with Crippen LogP contribution in [0.4, 0.5) is 5.69 Å². The number of methoxy groups -OCH3 is 1. The molecule has 1 N–H and O–H groups in total. The van der Waals surface area contributed by atoms with E-state index < -0.39 is 29.1 Å². The van der Waals surface area contributed by atoms with Crippen LogP contribution in [0.3, 0.4) is 0 Å². The molecule has 0 aliphatic heterocycles. The Morgan fingerprint density at radius 3 is 2.52 bits per heavy atom. The van der Waals surface area contributed by atoms with Gasteiger partial charge >= 0.3 is 5.97 Å². The smallest absolute Gasteiger partial charge is 0.363 e. The molecule has 160 valence electrons.